The van der Waals surface area contributed by atoms with Crippen molar-refractivity contribution in [3.8, 4) is 0 Å². The Kier molecular flexibility index (Phi) is 3.85. The van der Waals surface area contributed by atoms with E-state index in [0.717, 1.165) is 24.8 Å². The largest absolute Gasteiger partial charge is 0.634 e. The molecule has 0 bridgehead atoms. The van der Waals surface area contributed by atoms with Gasteiger partial charge in [-0.2, -0.15) is 0 Å². The van der Waals surface area contributed by atoms with Crippen LogP contribution in [0.2, 0.25) is 0 Å². The van der Waals surface area contributed by atoms with E-state index in [4.69, 9.17) is 0 Å². The minimum atomic E-state index is -0.206. The molecule has 1 aromatic rings. The Hall–Kier alpha value is -1.91. The maximum Gasteiger partial charge on any atom is 0.254 e. The van der Waals surface area contributed by atoms with Crippen molar-refractivity contribution < 1.29 is 9.86 Å². The number of likely N-dealkylation sites (tertiary alicyclic amines) is 1. The lowest BCUT2D eigenvalue weighted by molar-refractivity contribution is -0.897. The van der Waals surface area contributed by atoms with E-state index >= 15 is 0 Å². The highest BCUT2D eigenvalue weighted by Gasteiger charge is 2.52. The van der Waals surface area contributed by atoms with Crippen LogP contribution in [0.4, 0.5) is 0 Å². The molecule has 5 rings (SSSR count). The van der Waals surface area contributed by atoms with E-state index in [1.165, 1.54) is 24.8 Å². The van der Waals surface area contributed by atoms with Crippen LogP contribution in [0.15, 0.2) is 47.6 Å². The number of nitrogens with zero attached hydrogens (tertiary/aromatic N) is 1. The molecule has 4 heteroatoms. The Labute approximate surface area is 161 Å². The fourth-order valence-corrected chi connectivity index (χ4v) is 5.55. The third-order valence-corrected chi connectivity index (χ3v) is 7.33. The van der Waals surface area contributed by atoms with Gasteiger partial charge in [0.2, 0.25) is 0 Å². The molecule has 27 heavy (non-hydrogen) atoms. The predicted octanol–water partition coefficient (Wildman–Crippen LogP) is 2.76. The lowest BCUT2D eigenvalue weighted by atomic mass is 9.73. The second kappa shape index (κ2) is 6.05. The second-order valence-electron chi connectivity index (χ2n) is 9.21. The molecular weight excluding hydrogens is 336 g/mol. The van der Waals surface area contributed by atoms with Crippen molar-refractivity contribution in [1.29, 1.82) is 0 Å². The summed E-state index contributed by atoms with van der Waals surface area (Å²) in [6, 6.07) is 8.18. The molecule has 2 aliphatic carbocycles. The average molecular weight is 364 g/mol. The van der Waals surface area contributed by atoms with Gasteiger partial charge in [0.15, 0.2) is 0 Å². The van der Waals surface area contributed by atoms with E-state index in [2.05, 4.69) is 31.2 Å². The van der Waals surface area contributed by atoms with E-state index in [9.17, 15) is 10.0 Å². The Balaban J connectivity index is 1.28. The molecule has 2 atom stereocenters. The summed E-state index contributed by atoms with van der Waals surface area (Å²) in [4.78, 5) is 14.6. The average Bonchev–Trinajstić information content (AvgIpc) is 3.25. The molecule has 4 aliphatic rings. The molecule has 4 nitrogen and oxygen atoms in total. The highest BCUT2D eigenvalue weighted by Crippen LogP contribution is 2.43. The van der Waals surface area contributed by atoms with Gasteiger partial charge < -0.3 is 15.2 Å². The summed E-state index contributed by atoms with van der Waals surface area (Å²) in [5, 5.41) is 12.4. The zero-order valence-corrected chi connectivity index (χ0v) is 16.1. The van der Waals surface area contributed by atoms with Crippen LogP contribution in [-0.4, -0.2) is 36.0 Å². The molecule has 1 amide bonds. The number of quaternary nitrogens is 1. The molecule has 0 radical (unpaired) electrons. The molecule has 1 spiro atoms. The zero-order chi connectivity index (χ0) is 18.6. The lowest BCUT2D eigenvalue weighted by Crippen LogP contribution is -3.18. The number of nitrogens with one attached hydrogen (secondary N) is 1. The lowest BCUT2D eigenvalue weighted by Gasteiger charge is -2.51. The molecule has 0 aromatic heterocycles. The van der Waals surface area contributed by atoms with Crippen molar-refractivity contribution in [2.24, 2.45) is 0 Å². The van der Waals surface area contributed by atoms with Crippen molar-refractivity contribution in [3.63, 3.8) is 0 Å². The summed E-state index contributed by atoms with van der Waals surface area (Å²) in [6.45, 7) is 4.22. The molecule has 1 aromatic carbocycles. The van der Waals surface area contributed by atoms with Gasteiger partial charge in [-0.25, -0.2) is 0 Å². The van der Waals surface area contributed by atoms with Crippen LogP contribution in [-0.2, 0) is 5.41 Å². The standard InChI is InChI=1S/C23H28N2O2/c1-22(12-10-17-4-2-5-19(17)14-22)20-8-6-18(7-9-20)21(26)24-15-23(16-24)11-3-13-25(23)27/h6-10,12,25H,2-5,11,13-16H2,1H3. The van der Waals surface area contributed by atoms with Crippen LogP contribution < -0.4 is 5.06 Å². The first-order chi connectivity index (χ1) is 13.0. The van der Waals surface area contributed by atoms with Crippen molar-refractivity contribution in [1.82, 2.24) is 4.90 Å². The molecule has 2 heterocycles. The summed E-state index contributed by atoms with van der Waals surface area (Å²) in [5.74, 6) is 0.0667. The first-order valence-corrected chi connectivity index (χ1v) is 10.3. The van der Waals surface area contributed by atoms with Gasteiger partial charge in [-0.1, -0.05) is 36.8 Å². The third-order valence-electron chi connectivity index (χ3n) is 7.33. The fourth-order valence-electron chi connectivity index (χ4n) is 5.55. The molecule has 2 aliphatic heterocycles. The summed E-state index contributed by atoms with van der Waals surface area (Å²) in [5.41, 5.74) is 5.01. The minimum absolute atomic E-state index is 0.0296. The fraction of sp³-hybridized carbons (Fsp3) is 0.522. The number of hydrogen-bond acceptors (Lipinski definition) is 2. The highest BCUT2D eigenvalue weighted by molar-refractivity contribution is 5.95. The summed E-state index contributed by atoms with van der Waals surface area (Å²) >= 11 is 0. The van der Waals surface area contributed by atoms with Crippen LogP contribution in [0.3, 0.4) is 0 Å². The van der Waals surface area contributed by atoms with Crippen molar-refractivity contribution in [2.45, 2.75) is 56.4 Å². The van der Waals surface area contributed by atoms with Gasteiger partial charge in [0.25, 0.3) is 5.91 Å². The number of hydrogen-bond donors (Lipinski definition) is 1. The number of carbonyl (C=O) groups is 1. The normalized spacial score (nSPS) is 31.3. The van der Waals surface area contributed by atoms with Crippen LogP contribution in [0.25, 0.3) is 0 Å². The van der Waals surface area contributed by atoms with E-state index in [-0.39, 0.29) is 16.9 Å². The third kappa shape index (κ3) is 2.69. The Morgan fingerprint density at radius 2 is 1.93 bits per heavy atom. The molecule has 2 unspecified atom stereocenters. The molecular formula is C23H28N2O2. The maximum absolute atomic E-state index is 12.8. The molecule has 2 saturated heterocycles. The summed E-state index contributed by atoms with van der Waals surface area (Å²) < 4.78 is 0. The van der Waals surface area contributed by atoms with Crippen molar-refractivity contribution in [3.05, 3.63) is 63.9 Å². The first kappa shape index (κ1) is 17.2. The number of benzene rings is 1. The van der Waals surface area contributed by atoms with Gasteiger partial charge in [-0.15, -0.1) is 0 Å². The SMILES string of the molecule is CC1(c2ccc(C(=O)N3CC4(CCC[NH+]4[O-])C3)cc2)C=CC2=C(CCC2)C1. The van der Waals surface area contributed by atoms with Gasteiger partial charge in [0, 0.05) is 23.8 Å². The van der Waals surface area contributed by atoms with Crippen molar-refractivity contribution in [2.75, 3.05) is 19.6 Å². The molecule has 142 valence electrons. The number of allylic oxidation sites excluding steroid dienone is 4. The van der Waals surface area contributed by atoms with Gasteiger partial charge in [0.05, 0.1) is 19.6 Å². The Morgan fingerprint density at radius 3 is 2.63 bits per heavy atom. The van der Waals surface area contributed by atoms with Gasteiger partial charge in [0.1, 0.15) is 5.54 Å². The second-order valence-corrected chi connectivity index (χ2v) is 9.21. The Morgan fingerprint density at radius 1 is 1.15 bits per heavy atom. The van der Waals surface area contributed by atoms with E-state index in [1.807, 2.05) is 17.0 Å². The first-order valence-electron chi connectivity index (χ1n) is 10.3. The smallest absolute Gasteiger partial charge is 0.254 e. The van der Waals surface area contributed by atoms with Gasteiger partial charge >= 0.3 is 0 Å². The summed E-state index contributed by atoms with van der Waals surface area (Å²) in [7, 11) is 0. The number of carbonyl (C=O) groups excluding carboxylic acids is 1. The molecule has 1 N–H and O–H groups in total. The van der Waals surface area contributed by atoms with Crippen molar-refractivity contribution >= 4 is 5.91 Å². The van der Waals surface area contributed by atoms with Gasteiger partial charge in [-0.3, -0.25) is 4.79 Å². The monoisotopic (exact) mass is 364 g/mol. The minimum Gasteiger partial charge on any atom is -0.634 e. The number of rotatable bonds is 2. The van der Waals surface area contributed by atoms with Crippen LogP contribution in [0.1, 0.15) is 61.4 Å². The van der Waals surface area contributed by atoms with Gasteiger partial charge in [-0.05, 0) is 49.0 Å². The van der Waals surface area contributed by atoms with Crippen LogP contribution in [0, 0.1) is 5.21 Å². The topological polar surface area (TPSA) is 47.8 Å². The predicted molar refractivity (Wildman–Crippen MR) is 105 cm³/mol. The van der Waals surface area contributed by atoms with E-state index < -0.39 is 0 Å². The quantitative estimate of drug-likeness (QED) is 0.821. The molecule has 0 saturated carbocycles. The number of amides is 1. The molecule has 2 fully saturated rings. The summed E-state index contributed by atoms with van der Waals surface area (Å²) in [6.07, 6.45) is 11.5. The highest BCUT2D eigenvalue weighted by atomic mass is 16.5. The zero-order valence-electron chi connectivity index (χ0n) is 16.1. The number of hydroxylamine groups is 2. The van der Waals surface area contributed by atoms with E-state index in [0.29, 0.717) is 24.7 Å². The van der Waals surface area contributed by atoms with Crippen LogP contribution in [0.5, 0.6) is 0 Å². The Bertz CT molecular complexity index is 832. The van der Waals surface area contributed by atoms with Crippen LogP contribution >= 0.6 is 0 Å². The maximum atomic E-state index is 12.8. The van der Waals surface area contributed by atoms with E-state index in [1.54, 1.807) is 11.1 Å².